The smallest absolute Gasteiger partial charge is 0.389 e. The number of piperazine rings is 1. The first-order valence-electron chi connectivity index (χ1n) is 16.8. The quantitative estimate of drug-likeness (QED) is 0.391. The molecule has 2 aliphatic heterocycles. The summed E-state index contributed by atoms with van der Waals surface area (Å²) < 4.78 is 75.6. The van der Waals surface area contributed by atoms with Crippen LogP contribution in [0.1, 0.15) is 91.0 Å². The highest BCUT2D eigenvalue weighted by molar-refractivity contribution is 7.89. The molecule has 10 atom stereocenters. The van der Waals surface area contributed by atoms with Gasteiger partial charge < -0.3 is 9.84 Å². The minimum atomic E-state index is -4.76. The third kappa shape index (κ3) is 4.66. The predicted octanol–water partition coefficient (Wildman–Crippen LogP) is 6.33. The molecule has 6 fully saturated rings. The van der Waals surface area contributed by atoms with Crippen LogP contribution in [-0.2, 0) is 20.9 Å². The lowest BCUT2D eigenvalue weighted by Crippen LogP contribution is -2.62. The van der Waals surface area contributed by atoms with Crippen molar-refractivity contribution in [2.45, 2.75) is 120 Å². The van der Waals surface area contributed by atoms with Gasteiger partial charge in [-0.2, -0.15) is 17.5 Å². The third-order valence-electron chi connectivity index (χ3n) is 13.9. The number of hydrogen-bond donors (Lipinski definition) is 1. The Morgan fingerprint density at radius 3 is 2.36 bits per heavy atom. The van der Waals surface area contributed by atoms with Crippen LogP contribution in [0.25, 0.3) is 0 Å². The van der Waals surface area contributed by atoms with Crippen molar-refractivity contribution in [3.63, 3.8) is 0 Å². The molecule has 2 saturated heterocycles. The summed E-state index contributed by atoms with van der Waals surface area (Å²) in [6.45, 7) is 10.5. The molecule has 7 rings (SSSR count). The van der Waals surface area contributed by atoms with E-state index in [1.165, 1.54) is 48.5 Å². The highest BCUT2D eigenvalue weighted by Gasteiger charge is 2.70. The molecule has 0 aromatic heterocycles. The Labute approximate surface area is 260 Å². The topological polar surface area (TPSA) is 73.4 Å². The lowest BCUT2D eigenvalue weighted by molar-refractivity contribution is -0.159. The lowest BCUT2D eigenvalue weighted by atomic mass is 9.44. The maximum atomic E-state index is 13.7. The second kappa shape index (κ2) is 10.1. The van der Waals surface area contributed by atoms with E-state index in [2.05, 4.69) is 18.7 Å². The van der Waals surface area contributed by atoms with E-state index >= 15 is 0 Å². The van der Waals surface area contributed by atoms with Gasteiger partial charge in [-0.05, 0) is 113 Å². The molecule has 2 unspecified atom stereocenters. The predicted molar refractivity (Wildman–Crippen MR) is 161 cm³/mol. The summed E-state index contributed by atoms with van der Waals surface area (Å²) in [5.74, 6) is 2.67. The summed E-state index contributed by atoms with van der Waals surface area (Å²) in [5, 5.41) is 12.1. The van der Waals surface area contributed by atoms with Crippen LogP contribution in [0.15, 0.2) is 29.2 Å². The van der Waals surface area contributed by atoms with E-state index in [-0.39, 0.29) is 23.6 Å². The zero-order valence-electron chi connectivity index (χ0n) is 26.6. The van der Waals surface area contributed by atoms with Gasteiger partial charge in [-0.25, -0.2) is 8.42 Å². The van der Waals surface area contributed by atoms with Gasteiger partial charge in [0, 0.05) is 37.1 Å². The van der Waals surface area contributed by atoms with Crippen molar-refractivity contribution in [1.29, 1.82) is 0 Å². The van der Waals surface area contributed by atoms with Gasteiger partial charge in [-0.1, -0.05) is 26.0 Å². The van der Waals surface area contributed by atoms with E-state index in [4.69, 9.17) is 4.74 Å². The summed E-state index contributed by atoms with van der Waals surface area (Å²) in [6, 6.07) is 3.68. The molecule has 246 valence electrons. The Hall–Kier alpha value is -1.20. The molecule has 0 bridgehead atoms. The van der Waals surface area contributed by atoms with E-state index in [0.29, 0.717) is 30.3 Å². The molecular weight excluding hydrogens is 589 g/mol. The summed E-state index contributed by atoms with van der Waals surface area (Å²) in [7, 11) is -4.36. The maximum Gasteiger partial charge on any atom is 0.417 e. The number of epoxide rings is 1. The van der Waals surface area contributed by atoms with E-state index in [0.717, 1.165) is 56.3 Å². The minimum Gasteiger partial charge on any atom is -0.389 e. The zero-order chi connectivity index (χ0) is 31.5. The monoisotopic (exact) mass is 638 g/mol. The first kappa shape index (κ1) is 31.4. The summed E-state index contributed by atoms with van der Waals surface area (Å²) >= 11 is 0. The van der Waals surface area contributed by atoms with Gasteiger partial charge >= 0.3 is 6.18 Å². The van der Waals surface area contributed by atoms with Gasteiger partial charge in [0.05, 0.1) is 28.3 Å². The molecule has 1 aromatic rings. The van der Waals surface area contributed by atoms with Gasteiger partial charge in [0.2, 0.25) is 10.0 Å². The number of aliphatic hydroxyl groups is 1. The molecule has 0 amide bonds. The Morgan fingerprint density at radius 2 is 1.66 bits per heavy atom. The molecule has 1 N–H and O–H groups in total. The average molecular weight is 639 g/mol. The number of β-amino-alcohol motifs (C(OH)–C–C–N with tert-alkyl or cyclic N) is 1. The van der Waals surface area contributed by atoms with Gasteiger partial charge in [0.15, 0.2) is 0 Å². The van der Waals surface area contributed by atoms with Gasteiger partial charge in [-0.3, -0.25) is 4.90 Å². The fraction of sp³-hybridized carbons (Fsp3) is 0.824. The van der Waals surface area contributed by atoms with Gasteiger partial charge in [-0.15, -0.1) is 0 Å². The van der Waals surface area contributed by atoms with Crippen molar-refractivity contribution in [2.24, 2.45) is 34.5 Å². The fourth-order valence-corrected chi connectivity index (χ4v) is 13.2. The summed E-state index contributed by atoms with van der Waals surface area (Å²) in [6.07, 6.45) is 5.15. The molecule has 1 aromatic carbocycles. The Morgan fingerprint density at radius 1 is 0.955 bits per heavy atom. The van der Waals surface area contributed by atoms with E-state index in [1.807, 2.05) is 6.92 Å². The number of alkyl halides is 3. The molecule has 2 heterocycles. The molecule has 44 heavy (non-hydrogen) atoms. The first-order valence-corrected chi connectivity index (χ1v) is 18.3. The standard InChI is InChI=1S/C34H49F3N2O4S/c1-22-19-39(44(41,42)29-8-6-5-7-28(29)34(35,36)37)23(2)18-38(22)20-32(40)16-15-30(3)24(17-32)9-10-25-26(30)11-13-31(4)27(25)12-14-33(31)21-43-33/h5-8,22-27,40H,9-21H2,1-4H3/t22?,23?,24-,25+,26-,27-,30-,31-,32+,33+/m0/s1. The fourth-order valence-electron chi connectivity index (χ4n) is 11.3. The normalized spacial score (nSPS) is 46.4. The molecule has 6 aliphatic rings. The molecular formula is C34H49F3N2O4S. The van der Waals surface area contributed by atoms with Crippen LogP contribution in [0.5, 0.6) is 0 Å². The Bertz CT molecular complexity index is 1400. The number of benzene rings is 1. The van der Waals surface area contributed by atoms with Crippen LogP contribution < -0.4 is 0 Å². The number of halogens is 3. The van der Waals surface area contributed by atoms with Crippen LogP contribution in [-0.4, -0.2) is 72.3 Å². The molecule has 6 nitrogen and oxygen atoms in total. The van der Waals surface area contributed by atoms with Crippen molar-refractivity contribution in [3.05, 3.63) is 29.8 Å². The Kier molecular flexibility index (Phi) is 7.24. The van der Waals surface area contributed by atoms with Crippen LogP contribution in [0, 0.1) is 34.5 Å². The largest absolute Gasteiger partial charge is 0.417 e. The molecule has 0 radical (unpaired) electrons. The molecule has 10 heteroatoms. The van der Waals surface area contributed by atoms with Crippen molar-refractivity contribution >= 4 is 10.0 Å². The number of ether oxygens (including phenoxy) is 1. The highest BCUT2D eigenvalue weighted by atomic mass is 32.2. The number of rotatable bonds is 4. The SMILES string of the molecule is CC1CN(S(=O)(=O)c2ccccc2C(F)(F)F)C(C)CN1C[C@@]1(O)CC[C@@]2(C)[C@@H](CC[C@@H]3[C@@H]2CC[C@@]2(C)[C@H]3CC[C@@]23CO3)C1. The minimum absolute atomic E-state index is 0.0853. The number of nitrogens with zero attached hydrogens (tertiary/aromatic N) is 2. The first-order chi connectivity index (χ1) is 20.5. The number of sulfonamides is 1. The number of fused-ring (bicyclic) bond motifs is 6. The van der Waals surface area contributed by atoms with Crippen molar-refractivity contribution < 1.29 is 31.4 Å². The van der Waals surface area contributed by atoms with Crippen LogP contribution in [0.2, 0.25) is 0 Å². The van der Waals surface area contributed by atoms with Crippen LogP contribution in [0.3, 0.4) is 0 Å². The molecule has 4 aliphatic carbocycles. The van der Waals surface area contributed by atoms with Crippen molar-refractivity contribution in [2.75, 3.05) is 26.2 Å². The van der Waals surface area contributed by atoms with Crippen LogP contribution >= 0.6 is 0 Å². The highest BCUT2D eigenvalue weighted by Crippen LogP contribution is 2.71. The van der Waals surface area contributed by atoms with Crippen LogP contribution in [0.4, 0.5) is 13.2 Å². The Balaban J connectivity index is 1.03. The van der Waals surface area contributed by atoms with E-state index in [9.17, 15) is 26.7 Å². The van der Waals surface area contributed by atoms with Crippen molar-refractivity contribution in [3.8, 4) is 0 Å². The van der Waals surface area contributed by atoms with Crippen molar-refractivity contribution in [1.82, 2.24) is 9.21 Å². The lowest BCUT2D eigenvalue weighted by Gasteiger charge is -2.62. The summed E-state index contributed by atoms with van der Waals surface area (Å²) in [5.41, 5.74) is -1.27. The third-order valence-corrected chi connectivity index (χ3v) is 16.0. The van der Waals surface area contributed by atoms with Gasteiger partial charge in [0.25, 0.3) is 0 Å². The molecule has 1 spiro atoms. The zero-order valence-corrected chi connectivity index (χ0v) is 27.4. The molecule has 4 saturated carbocycles. The van der Waals surface area contributed by atoms with E-state index < -0.39 is 38.3 Å². The van der Waals surface area contributed by atoms with Gasteiger partial charge in [0.1, 0.15) is 0 Å². The second-order valence-corrected chi connectivity index (χ2v) is 17.9. The van der Waals surface area contributed by atoms with E-state index in [1.54, 1.807) is 6.92 Å². The average Bonchev–Trinajstić information content (AvgIpc) is 3.70. The second-order valence-electron chi connectivity index (χ2n) is 16.1. The summed E-state index contributed by atoms with van der Waals surface area (Å²) in [4.78, 5) is 1.47. The maximum absolute atomic E-state index is 13.7. The number of hydrogen-bond acceptors (Lipinski definition) is 5.